The highest BCUT2D eigenvalue weighted by Crippen LogP contribution is 2.32. The molecule has 0 unspecified atom stereocenters. The Labute approximate surface area is 144 Å². The fourth-order valence-corrected chi connectivity index (χ4v) is 5.00. The minimum Gasteiger partial charge on any atom is -0.484 e. The summed E-state index contributed by atoms with van der Waals surface area (Å²) < 4.78 is 7.90. The zero-order valence-corrected chi connectivity index (χ0v) is 15.6. The molecule has 2 rings (SSSR count). The van der Waals surface area contributed by atoms with E-state index in [0.717, 1.165) is 12.0 Å². The quantitative estimate of drug-likeness (QED) is 0.497. The van der Waals surface area contributed by atoms with Crippen molar-refractivity contribution in [1.29, 1.82) is 0 Å². The van der Waals surface area contributed by atoms with E-state index in [4.69, 9.17) is 16.3 Å². The maximum atomic E-state index is 12.0. The summed E-state index contributed by atoms with van der Waals surface area (Å²) in [6.45, 7) is -0.0258. The maximum absolute atomic E-state index is 12.0. The number of carbonyl (C=O) groups is 1. The van der Waals surface area contributed by atoms with Gasteiger partial charge >= 0.3 is 0 Å². The van der Waals surface area contributed by atoms with Crippen LogP contribution in [-0.2, 0) is 0 Å². The predicted molar refractivity (Wildman–Crippen MR) is 88.7 cm³/mol. The molecule has 1 aromatic carbocycles. The summed E-state index contributed by atoms with van der Waals surface area (Å²) in [5.41, 5.74) is 0.613. The van der Waals surface area contributed by atoms with Gasteiger partial charge in [-0.05, 0) is 72.1 Å². The fraction of sp³-hybridized carbons (Fsp3) is 0.0833. The van der Waals surface area contributed by atoms with Crippen LogP contribution in [0.2, 0.25) is 5.02 Å². The molecule has 2 aromatic rings. The number of hydrogen-bond donors (Lipinski definition) is 0. The molecule has 0 atom stereocenters. The number of benzene rings is 1. The molecule has 19 heavy (non-hydrogen) atoms. The van der Waals surface area contributed by atoms with Gasteiger partial charge < -0.3 is 4.74 Å². The molecule has 0 radical (unpaired) electrons. The molecule has 0 aliphatic carbocycles. The molecule has 100 valence electrons. The lowest BCUT2D eigenvalue weighted by atomic mass is 10.2. The molecule has 7 heteroatoms. The topological polar surface area (TPSA) is 26.3 Å². The number of Topliss-reactive ketones (excluding diaryl/α,β-unsaturated/α-hetero) is 1. The van der Waals surface area contributed by atoms with E-state index in [1.165, 1.54) is 11.3 Å². The summed E-state index contributed by atoms with van der Waals surface area (Å²) in [7, 11) is 0. The molecule has 0 spiro atoms. The Bertz CT molecular complexity index is 627. The van der Waals surface area contributed by atoms with Crippen molar-refractivity contribution in [3.05, 3.63) is 46.9 Å². The normalized spacial score (nSPS) is 10.5. The Balaban J connectivity index is 2.06. The minimum absolute atomic E-state index is 0.0258. The van der Waals surface area contributed by atoms with Crippen molar-refractivity contribution in [2.24, 2.45) is 0 Å². The third kappa shape index (κ3) is 4.04. The Morgan fingerprint density at radius 3 is 2.58 bits per heavy atom. The third-order valence-electron chi connectivity index (χ3n) is 2.21. The Hall–Kier alpha value is 0.120. The van der Waals surface area contributed by atoms with E-state index < -0.39 is 0 Å². The third-order valence-corrected chi connectivity index (χ3v) is 5.40. The summed E-state index contributed by atoms with van der Waals surface area (Å²) in [5, 5.41) is 0.607. The van der Waals surface area contributed by atoms with Gasteiger partial charge in [0.25, 0.3) is 0 Å². The molecule has 0 bridgehead atoms. The first kappa shape index (κ1) is 15.5. The highest BCUT2D eigenvalue weighted by Gasteiger charge is 2.15. The van der Waals surface area contributed by atoms with Gasteiger partial charge in [0.15, 0.2) is 6.61 Å². The van der Waals surface area contributed by atoms with E-state index in [-0.39, 0.29) is 12.4 Å². The number of ketones is 1. The van der Waals surface area contributed by atoms with Crippen LogP contribution in [0.5, 0.6) is 5.75 Å². The molecule has 0 N–H and O–H groups in total. The summed E-state index contributed by atoms with van der Waals surface area (Å²) in [4.78, 5) is 12.0. The van der Waals surface area contributed by atoms with Crippen LogP contribution in [0.3, 0.4) is 0 Å². The summed E-state index contributed by atoms with van der Waals surface area (Å²) in [6.07, 6.45) is 0. The smallest absolute Gasteiger partial charge is 0.202 e. The largest absolute Gasteiger partial charge is 0.484 e. The van der Waals surface area contributed by atoms with Gasteiger partial charge in [-0.1, -0.05) is 11.6 Å². The van der Waals surface area contributed by atoms with Gasteiger partial charge in [-0.2, -0.15) is 0 Å². The molecular formula is C12H6Br3ClO2S. The standard InChI is InChI=1S/C12H6Br3ClO2S/c13-8-3-6(16)1-2-10(8)18-5-9(17)7-4-11(14)19-12(7)15/h1-4H,5H2. The van der Waals surface area contributed by atoms with Crippen LogP contribution >= 0.6 is 70.7 Å². The average Bonchev–Trinajstić information content (AvgIpc) is 2.67. The SMILES string of the molecule is O=C(COc1ccc(Cl)cc1Br)c1cc(Br)sc1Br. The van der Waals surface area contributed by atoms with Crippen LogP contribution in [0.1, 0.15) is 10.4 Å². The van der Waals surface area contributed by atoms with Crippen molar-refractivity contribution < 1.29 is 9.53 Å². The number of halogens is 4. The summed E-state index contributed by atoms with van der Waals surface area (Å²) in [6, 6.07) is 6.93. The molecule has 0 fully saturated rings. The molecule has 0 saturated heterocycles. The van der Waals surface area contributed by atoms with Crippen molar-refractivity contribution >= 4 is 76.5 Å². The molecule has 0 saturated carbocycles. The highest BCUT2D eigenvalue weighted by atomic mass is 79.9. The number of rotatable bonds is 4. The molecule has 0 aliphatic heterocycles. The van der Waals surface area contributed by atoms with Gasteiger partial charge in [0.1, 0.15) is 5.75 Å². The first-order chi connectivity index (χ1) is 8.97. The molecule has 1 aromatic heterocycles. The predicted octanol–water partition coefficient (Wildman–Crippen LogP) is 5.95. The second-order valence-electron chi connectivity index (χ2n) is 3.52. The average molecular weight is 489 g/mol. The van der Waals surface area contributed by atoms with Crippen LogP contribution in [-0.4, -0.2) is 12.4 Å². The van der Waals surface area contributed by atoms with E-state index in [1.54, 1.807) is 24.3 Å². The molecule has 0 amide bonds. The Morgan fingerprint density at radius 1 is 1.26 bits per heavy atom. The van der Waals surface area contributed by atoms with E-state index >= 15 is 0 Å². The zero-order valence-electron chi connectivity index (χ0n) is 9.25. The number of thiophene rings is 1. The van der Waals surface area contributed by atoms with Gasteiger partial charge in [-0.3, -0.25) is 4.79 Å². The monoisotopic (exact) mass is 486 g/mol. The van der Waals surface area contributed by atoms with Crippen molar-refractivity contribution in [2.45, 2.75) is 0 Å². The fourth-order valence-electron chi connectivity index (χ4n) is 1.34. The van der Waals surface area contributed by atoms with Gasteiger partial charge in [-0.15, -0.1) is 11.3 Å². The Kier molecular flexibility index (Phi) is 5.48. The Morgan fingerprint density at radius 2 is 2.00 bits per heavy atom. The van der Waals surface area contributed by atoms with Crippen LogP contribution < -0.4 is 4.74 Å². The lowest BCUT2D eigenvalue weighted by Gasteiger charge is -2.07. The zero-order chi connectivity index (χ0) is 14.0. The van der Waals surface area contributed by atoms with Crippen LogP contribution in [0.4, 0.5) is 0 Å². The van der Waals surface area contributed by atoms with Gasteiger partial charge in [0.2, 0.25) is 5.78 Å². The highest BCUT2D eigenvalue weighted by molar-refractivity contribution is 9.12. The molecule has 1 heterocycles. The second-order valence-corrected chi connectivity index (χ2v) is 8.56. The number of ether oxygens (including phenoxy) is 1. The van der Waals surface area contributed by atoms with E-state index in [0.29, 0.717) is 16.3 Å². The van der Waals surface area contributed by atoms with Crippen LogP contribution in [0.25, 0.3) is 0 Å². The molecule has 0 aliphatic rings. The van der Waals surface area contributed by atoms with Crippen LogP contribution in [0, 0.1) is 0 Å². The van der Waals surface area contributed by atoms with E-state index in [1.807, 2.05) is 0 Å². The van der Waals surface area contributed by atoms with E-state index in [2.05, 4.69) is 47.8 Å². The first-order valence-electron chi connectivity index (χ1n) is 5.03. The molecule has 2 nitrogen and oxygen atoms in total. The van der Waals surface area contributed by atoms with Crippen molar-refractivity contribution in [3.63, 3.8) is 0 Å². The van der Waals surface area contributed by atoms with E-state index in [9.17, 15) is 4.79 Å². The lowest BCUT2D eigenvalue weighted by molar-refractivity contribution is 0.0921. The second kappa shape index (κ2) is 6.72. The maximum Gasteiger partial charge on any atom is 0.202 e. The summed E-state index contributed by atoms with van der Waals surface area (Å²) in [5.74, 6) is 0.499. The first-order valence-corrected chi connectivity index (χ1v) is 8.60. The van der Waals surface area contributed by atoms with Crippen molar-refractivity contribution in [3.8, 4) is 5.75 Å². The van der Waals surface area contributed by atoms with Gasteiger partial charge in [-0.25, -0.2) is 0 Å². The van der Waals surface area contributed by atoms with Gasteiger partial charge in [0, 0.05) is 10.6 Å². The van der Waals surface area contributed by atoms with Crippen molar-refractivity contribution in [1.82, 2.24) is 0 Å². The van der Waals surface area contributed by atoms with Crippen molar-refractivity contribution in [2.75, 3.05) is 6.61 Å². The van der Waals surface area contributed by atoms with Gasteiger partial charge in [0.05, 0.1) is 12.0 Å². The molecular weight excluding hydrogens is 483 g/mol. The summed E-state index contributed by atoms with van der Waals surface area (Å²) >= 11 is 17.3. The lowest BCUT2D eigenvalue weighted by Crippen LogP contribution is -2.11. The number of carbonyl (C=O) groups excluding carboxylic acids is 1. The number of hydrogen-bond acceptors (Lipinski definition) is 3. The van der Waals surface area contributed by atoms with Crippen LogP contribution in [0.15, 0.2) is 36.3 Å². The minimum atomic E-state index is -0.0873.